The van der Waals surface area contributed by atoms with Gasteiger partial charge in [0.2, 0.25) is 0 Å². The molecule has 6 nitrogen and oxygen atoms in total. The normalized spacial score (nSPS) is 14.6. The van der Waals surface area contributed by atoms with E-state index in [1.807, 2.05) is 6.20 Å². The molecule has 0 unspecified atom stereocenters. The second kappa shape index (κ2) is 7.81. The van der Waals surface area contributed by atoms with Crippen LogP contribution in [0.5, 0.6) is 0 Å². The lowest BCUT2D eigenvalue weighted by molar-refractivity contribution is 0.585. The molecule has 30 heavy (non-hydrogen) atoms. The first kappa shape index (κ1) is 19.2. The van der Waals surface area contributed by atoms with E-state index in [1.54, 1.807) is 11.3 Å². The average Bonchev–Trinajstić information content (AvgIpc) is 3.26. The molecule has 0 atom stereocenters. The van der Waals surface area contributed by atoms with Gasteiger partial charge in [-0.1, -0.05) is 6.07 Å². The molecule has 0 radical (unpaired) electrons. The van der Waals surface area contributed by atoms with Crippen LogP contribution in [-0.4, -0.2) is 45.7 Å². The lowest BCUT2D eigenvalue weighted by atomic mass is 10.1. The van der Waals surface area contributed by atoms with Crippen LogP contribution in [0, 0.1) is 20.8 Å². The fraction of sp³-hybridized carbons (Fsp3) is 0.348. The van der Waals surface area contributed by atoms with Crippen molar-refractivity contribution >= 4 is 28.2 Å². The standard InChI is InChI=1S/C23H26N6S/c1-15-21(27-17(3)30-15)14-29-16(2)26-20-6-4-18(12-22(20)29)19-5-7-23(25-13-19)28-10-8-24-9-11-28/h4-7,12-13,24H,8-11,14H2,1-3H3. The van der Waals surface area contributed by atoms with Gasteiger partial charge in [-0.25, -0.2) is 15.0 Å². The molecular weight excluding hydrogens is 392 g/mol. The maximum absolute atomic E-state index is 4.77. The number of aromatic nitrogens is 4. The third-order valence-corrected chi connectivity index (χ3v) is 6.70. The Morgan fingerprint density at radius 2 is 1.80 bits per heavy atom. The molecule has 7 heteroatoms. The number of nitrogens with zero attached hydrogens (tertiary/aromatic N) is 5. The van der Waals surface area contributed by atoms with Crippen molar-refractivity contribution in [1.29, 1.82) is 0 Å². The van der Waals surface area contributed by atoms with Gasteiger partial charge in [0.1, 0.15) is 11.6 Å². The van der Waals surface area contributed by atoms with Gasteiger partial charge in [0, 0.05) is 42.8 Å². The average molecular weight is 419 g/mol. The Hall–Kier alpha value is -2.77. The van der Waals surface area contributed by atoms with Crippen molar-refractivity contribution in [1.82, 2.24) is 24.8 Å². The Balaban J connectivity index is 1.47. The number of imidazole rings is 1. The van der Waals surface area contributed by atoms with Gasteiger partial charge in [0.05, 0.1) is 28.3 Å². The van der Waals surface area contributed by atoms with E-state index in [4.69, 9.17) is 15.0 Å². The number of thiazole rings is 1. The lowest BCUT2D eigenvalue weighted by Crippen LogP contribution is -2.43. The van der Waals surface area contributed by atoms with Gasteiger partial charge in [-0.05, 0) is 50.6 Å². The van der Waals surface area contributed by atoms with Crippen LogP contribution < -0.4 is 10.2 Å². The van der Waals surface area contributed by atoms with Crippen LogP contribution in [0.1, 0.15) is 21.4 Å². The largest absolute Gasteiger partial charge is 0.354 e. The van der Waals surface area contributed by atoms with Crippen LogP contribution in [0.25, 0.3) is 22.2 Å². The molecule has 1 saturated heterocycles. The third-order valence-electron chi connectivity index (χ3n) is 5.77. The summed E-state index contributed by atoms with van der Waals surface area (Å²) in [5.41, 5.74) is 5.58. The zero-order valence-corrected chi connectivity index (χ0v) is 18.5. The van der Waals surface area contributed by atoms with E-state index in [9.17, 15) is 0 Å². The number of fused-ring (bicyclic) bond motifs is 1. The molecule has 1 aliphatic heterocycles. The van der Waals surface area contributed by atoms with Crippen molar-refractivity contribution in [3.63, 3.8) is 0 Å². The number of nitrogens with one attached hydrogen (secondary N) is 1. The van der Waals surface area contributed by atoms with Crippen molar-refractivity contribution in [2.24, 2.45) is 0 Å². The number of hydrogen-bond donors (Lipinski definition) is 1. The summed E-state index contributed by atoms with van der Waals surface area (Å²) >= 11 is 1.75. The maximum Gasteiger partial charge on any atom is 0.128 e. The van der Waals surface area contributed by atoms with E-state index < -0.39 is 0 Å². The third kappa shape index (κ3) is 3.59. The summed E-state index contributed by atoms with van der Waals surface area (Å²) in [5.74, 6) is 2.07. The van der Waals surface area contributed by atoms with Gasteiger partial charge in [-0.3, -0.25) is 0 Å². The molecule has 1 N–H and O–H groups in total. The van der Waals surface area contributed by atoms with Gasteiger partial charge in [-0.15, -0.1) is 11.3 Å². The summed E-state index contributed by atoms with van der Waals surface area (Å²) in [6.07, 6.45) is 1.99. The highest BCUT2D eigenvalue weighted by molar-refractivity contribution is 7.11. The number of benzene rings is 1. The Kier molecular flexibility index (Phi) is 5.00. The first-order valence-corrected chi connectivity index (χ1v) is 11.2. The van der Waals surface area contributed by atoms with E-state index >= 15 is 0 Å². The van der Waals surface area contributed by atoms with Crippen LogP contribution >= 0.6 is 11.3 Å². The molecule has 1 aliphatic rings. The van der Waals surface area contributed by atoms with E-state index in [2.05, 4.69) is 65.9 Å². The summed E-state index contributed by atoms with van der Waals surface area (Å²) in [4.78, 5) is 17.8. The molecule has 4 heterocycles. The van der Waals surface area contributed by atoms with Crippen molar-refractivity contribution in [2.45, 2.75) is 27.3 Å². The quantitative estimate of drug-likeness (QED) is 0.544. The minimum absolute atomic E-state index is 0.752. The fourth-order valence-corrected chi connectivity index (χ4v) is 4.96. The molecule has 0 bridgehead atoms. The minimum atomic E-state index is 0.752. The van der Waals surface area contributed by atoms with Gasteiger partial charge >= 0.3 is 0 Å². The first-order valence-electron chi connectivity index (χ1n) is 10.4. The van der Waals surface area contributed by atoms with Crippen LogP contribution in [0.2, 0.25) is 0 Å². The summed E-state index contributed by atoms with van der Waals surface area (Å²) in [7, 11) is 0. The maximum atomic E-state index is 4.77. The number of rotatable bonds is 4. The number of hydrogen-bond acceptors (Lipinski definition) is 6. The minimum Gasteiger partial charge on any atom is -0.354 e. The molecular formula is C23H26N6S. The molecule has 0 spiro atoms. The van der Waals surface area contributed by atoms with Crippen molar-refractivity contribution in [3.05, 3.63) is 57.9 Å². The van der Waals surface area contributed by atoms with E-state index in [1.165, 1.54) is 4.88 Å². The van der Waals surface area contributed by atoms with Crippen LogP contribution in [-0.2, 0) is 6.54 Å². The van der Waals surface area contributed by atoms with Gasteiger partial charge in [0.15, 0.2) is 0 Å². The lowest BCUT2D eigenvalue weighted by Gasteiger charge is -2.28. The van der Waals surface area contributed by atoms with E-state index in [0.717, 1.165) is 77.2 Å². The van der Waals surface area contributed by atoms with E-state index in [-0.39, 0.29) is 0 Å². The SMILES string of the molecule is Cc1nc(Cn2c(C)nc3ccc(-c4ccc(N5CCNCC5)nc4)cc32)c(C)s1. The molecule has 0 saturated carbocycles. The zero-order valence-electron chi connectivity index (χ0n) is 17.6. The second-order valence-electron chi connectivity index (χ2n) is 7.83. The topological polar surface area (TPSA) is 58.9 Å². The number of aryl methyl sites for hydroxylation is 3. The van der Waals surface area contributed by atoms with Crippen LogP contribution in [0.3, 0.4) is 0 Å². The fourth-order valence-electron chi connectivity index (χ4n) is 4.13. The van der Waals surface area contributed by atoms with Crippen molar-refractivity contribution < 1.29 is 0 Å². The van der Waals surface area contributed by atoms with Gasteiger partial charge in [0.25, 0.3) is 0 Å². The predicted molar refractivity (Wildman–Crippen MR) is 123 cm³/mol. The highest BCUT2D eigenvalue weighted by atomic mass is 32.1. The smallest absolute Gasteiger partial charge is 0.128 e. The van der Waals surface area contributed by atoms with Gasteiger partial charge in [-0.2, -0.15) is 0 Å². The summed E-state index contributed by atoms with van der Waals surface area (Å²) in [6.45, 7) is 11.1. The van der Waals surface area contributed by atoms with Crippen molar-refractivity contribution in [2.75, 3.05) is 31.1 Å². The molecule has 1 fully saturated rings. The monoisotopic (exact) mass is 418 g/mol. The molecule has 4 aromatic rings. The van der Waals surface area contributed by atoms with Crippen molar-refractivity contribution in [3.8, 4) is 11.1 Å². The first-order chi connectivity index (χ1) is 14.6. The Labute approximate surface area is 180 Å². The summed E-state index contributed by atoms with van der Waals surface area (Å²) in [6, 6.07) is 10.8. The second-order valence-corrected chi connectivity index (χ2v) is 9.23. The summed E-state index contributed by atoms with van der Waals surface area (Å²) in [5, 5.41) is 4.50. The Bertz CT molecular complexity index is 1180. The predicted octanol–water partition coefficient (Wildman–Crippen LogP) is 3.94. The molecule has 5 rings (SSSR count). The van der Waals surface area contributed by atoms with Crippen LogP contribution in [0.4, 0.5) is 5.82 Å². The highest BCUT2D eigenvalue weighted by Gasteiger charge is 2.14. The zero-order chi connectivity index (χ0) is 20.7. The Morgan fingerprint density at radius 3 is 2.50 bits per heavy atom. The Morgan fingerprint density at radius 1 is 1.00 bits per heavy atom. The number of piperazine rings is 1. The van der Waals surface area contributed by atoms with E-state index in [0.29, 0.717) is 0 Å². The van der Waals surface area contributed by atoms with Gasteiger partial charge < -0.3 is 14.8 Å². The molecule has 1 aromatic carbocycles. The summed E-state index contributed by atoms with van der Waals surface area (Å²) < 4.78 is 2.27. The molecule has 0 amide bonds. The molecule has 154 valence electrons. The van der Waals surface area contributed by atoms with Crippen LogP contribution in [0.15, 0.2) is 36.5 Å². The molecule has 0 aliphatic carbocycles. The molecule has 3 aromatic heterocycles. The number of pyridine rings is 1. The highest BCUT2D eigenvalue weighted by Crippen LogP contribution is 2.27. The number of anilines is 1.